The van der Waals surface area contributed by atoms with Crippen molar-refractivity contribution in [3.05, 3.63) is 23.8 Å². The van der Waals surface area contributed by atoms with Gasteiger partial charge in [-0.25, -0.2) is 8.42 Å². The first-order valence-corrected chi connectivity index (χ1v) is 6.25. The monoisotopic (exact) mass is 228 g/mol. The maximum atomic E-state index is 11.6. The Kier molecular flexibility index (Phi) is 3.24. The maximum Gasteiger partial charge on any atom is 0.235 e. The predicted molar refractivity (Wildman–Crippen MR) is 63.3 cm³/mol. The Bertz CT molecular complexity index is 452. The Hall–Kier alpha value is -1.23. The minimum Gasteiger partial charge on any atom is -0.397 e. The highest BCUT2D eigenvalue weighted by atomic mass is 32.2. The maximum absolute atomic E-state index is 11.6. The van der Waals surface area contributed by atoms with E-state index in [1.807, 2.05) is 13.0 Å². The van der Waals surface area contributed by atoms with Gasteiger partial charge >= 0.3 is 0 Å². The molecule has 0 bridgehead atoms. The number of aryl methyl sites for hydroxylation is 1. The van der Waals surface area contributed by atoms with Crippen LogP contribution in [0.2, 0.25) is 0 Å². The number of benzene rings is 1. The van der Waals surface area contributed by atoms with Gasteiger partial charge in [-0.05, 0) is 38.5 Å². The van der Waals surface area contributed by atoms with Gasteiger partial charge in [0.15, 0.2) is 0 Å². The van der Waals surface area contributed by atoms with Crippen LogP contribution in [0.5, 0.6) is 0 Å². The van der Waals surface area contributed by atoms with Crippen LogP contribution < -0.4 is 10.5 Å². The summed E-state index contributed by atoms with van der Waals surface area (Å²) in [5.74, 6) is 0. The third-order valence-electron chi connectivity index (χ3n) is 2.08. The molecular formula is C10H16N2O2S. The van der Waals surface area contributed by atoms with Crippen LogP contribution in [-0.4, -0.2) is 13.7 Å². The minimum atomic E-state index is -3.32. The predicted octanol–water partition coefficient (Wildman–Crippen LogP) is 1.73. The molecular weight excluding hydrogens is 212 g/mol. The number of hydrogen-bond acceptors (Lipinski definition) is 3. The number of sulfonamides is 1. The fourth-order valence-corrected chi connectivity index (χ4v) is 1.77. The summed E-state index contributed by atoms with van der Waals surface area (Å²) in [6.07, 6.45) is 0. The van der Waals surface area contributed by atoms with E-state index >= 15 is 0 Å². The fourth-order valence-electron chi connectivity index (χ4n) is 1.05. The van der Waals surface area contributed by atoms with Crippen LogP contribution in [0.4, 0.5) is 11.4 Å². The first kappa shape index (κ1) is 11.8. The van der Waals surface area contributed by atoms with E-state index < -0.39 is 15.3 Å². The molecule has 0 unspecified atom stereocenters. The molecule has 0 saturated carbocycles. The van der Waals surface area contributed by atoms with Crippen molar-refractivity contribution in [2.24, 2.45) is 0 Å². The highest BCUT2D eigenvalue weighted by molar-refractivity contribution is 7.93. The van der Waals surface area contributed by atoms with E-state index in [1.165, 1.54) is 0 Å². The SMILES string of the molecule is Cc1ccc(NS(=O)(=O)C(C)C)c(N)c1. The number of nitrogen functional groups attached to an aromatic ring is 1. The van der Waals surface area contributed by atoms with E-state index in [-0.39, 0.29) is 0 Å². The van der Waals surface area contributed by atoms with Crippen LogP contribution in [0, 0.1) is 6.92 Å². The van der Waals surface area contributed by atoms with E-state index in [0.29, 0.717) is 11.4 Å². The number of rotatable bonds is 3. The molecule has 0 aromatic heterocycles. The molecule has 0 heterocycles. The van der Waals surface area contributed by atoms with E-state index in [2.05, 4.69) is 4.72 Å². The van der Waals surface area contributed by atoms with Gasteiger partial charge < -0.3 is 5.73 Å². The lowest BCUT2D eigenvalue weighted by Gasteiger charge is -2.12. The molecule has 1 aromatic carbocycles. The van der Waals surface area contributed by atoms with Crippen LogP contribution in [0.3, 0.4) is 0 Å². The molecule has 0 fully saturated rings. The molecule has 84 valence electrons. The van der Waals surface area contributed by atoms with Gasteiger partial charge in [0.05, 0.1) is 16.6 Å². The average Bonchev–Trinajstić information content (AvgIpc) is 2.09. The quantitative estimate of drug-likeness (QED) is 0.774. The van der Waals surface area contributed by atoms with Crippen molar-refractivity contribution in [3.63, 3.8) is 0 Å². The summed E-state index contributed by atoms with van der Waals surface area (Å²) < 4.78 is 25.6. The summed E-state index contributed by atoms with van der Waals surface area (Å²) in [5.41, 5.74) is 7.58. The van der Waals surface area contributed by atoms with Gasteiger partial charge in [-0.1, -0.05) is 6.07 Å². The lowest BCUT2D eigenvalue weighted by Crippen LogP contribution is -2.23. The van der Waals surface area contributed by atoms with Gasteiger partial charge in [0.2, 0.25) is 10.0 Å². The second-order valence-corrected chi connectivity index (χ2v) is 6.02. The largest absolute Gasteiger partial charge is 0.397 e. The minimum absolute atomic E-state index is 0.439. The Morgan fingerprint density at radius 3 is 2.40 bits per heavy atom. The summed E-state index contributed by atoms with van der Waals surface area (Å²) in [5, 5.41) is -0.474. The van der Waals surface area contributed by atoms with E-state index in [1.54, 1.807) is 26.0 Å². The zero-order valence-corrected chi connectivity index (χ0v) is 9.93. The van der Waals surface area contributed by atoms with E-state index in [4.69, 9.17) is 5.73 Å². The molecule has 0 saturated heterocycles. The third-order valence-corrected chi connectivity index (χ3v) is 3.83. The molecule has 0 radical (unpaired) electrons. The van der Waals surface area contributed by atoms with Crippen molar-refractivity contribution in [2.75, 3.05) is 10.5 Å². The van der Waals surface area contributed by atoms with Crippen LogP contribution in [0.25, 0.3) is 0 Å². The van der Waals surface area contributed by atoms with Gasteiger partial charge in [0.1, 0.15) is 0 Å². The number of nitrogens with two attached hydrogens (primary N) is 1. The van der Waals surface area contributed by atoms with E-state index in [9.17, 15) is 8.42 Å². The first-order chi connectivity index (χ1) is 6.83. The lowest BCUT2D eigenvalue weighted by atomic mass is 10.2. The molecule has 15 heavy (non-hydrogen) atoms. The molecule has 4 nitrogen and oxygen atoms in total. The normalized spacial score (nSPS) is 11.7. The lowest BCUT2D eigenvalue weighted by molar-refractivity contribution is 0.593. The highest BCUT2D eigenvalue weighted by Crippen LogP contribution is 2.21. The Morgan fingerprint density at radius 2 is 1.93 bits per heavy atom. The van der Waals surface area contributed by atoms with Gasteiger partial charge in [-0.3, -0.25) is 4.72 Å². The van der Waals surface area contributed by atoms with Crippen molar-refractivity contribution in [1.82, 2.24) is 0 Å². The Balaban J connectivity index is 3.01. The van der Waals surface area contributed by atoms with Crippen molar-refractivity contribution in [3.8, 4) is 0 Å². The standard InChI is InChI=1S/C10H16N2O2S/c1-7(2)15(13,14)12-10-5-4-8(3)6-9(10)11/h4-7,12H,11H2,1-3H3. The highest BCUT2D eigenvalue weighted by Gasteiger charge is 2.16. The van der Waals surface area contributed by atoms with Gasteiger partial charge in [0, 0.05) is 0 Å². The van der Waals surface area contributed by atoms with Crippen molar-refractivity contribution in [1.29, 1.82) is 0 Å². The number of hydrogen-bond donors (Lipinski definition) is 2. The summed E-state index contributed by atoms with van der Waals surface area (Å²) in [7, 11) is -3.32. The van der Waals surface area contributed by atoms with Crippen LogP contribution in [-0.2, 0) is 10.0 Å². The summed E-state index contributed by atoms with van der Waals surface area (Å²) in [4.78, 5) is 0. The van der Waals surface area contributed by atoms with E-state index in [0.717, 1.165) is 5.56 Å². The smallest absolute Gasteiger partial charge is 0.235 e. The van der Waals surface area contributed by atoms with Crippen LogP contribution in [0.1, 0.15) is 19.4 Å². The third kappa shape index (κ3) is 2.86. The molecule has 5 heteroatoms. The first-order valence-electron chi connectivity index (χ1n) is 4.70. The van der Waals surface area contributed by atoms with Crippen LogP contribution in [0.15, 0.2) is 18.2 Å². The number of nitrogens with one attached hydrogen (secondary N) is 1. The second kappa shape index (κ2) is 4.10. The Morgan fingerprint density at radius 1 is 1.33 bits per heavy atom. The van der Waals surface area contributed by atoms with Crippen molar-refractivity contribution in [2.45, 2.75) is 26.0 Å². The molecule has 0 aliphatic rings. The molecule has 1 rings (SSSR count). The summed E-state index contributed by atoms with van der Waals surface area (Å²) >= 11 is 0. The van der Waals surface area contributed by atoms with Crippen molar-refractivity contribution >= 4 is 21.4 Å². The molecule has 0 amide bonds. The van der Waals surface area contributed by atoms with Gasteiger partial charge in [-0.2, -0.15) is 0 Å². The van der Waals surface area contributed by atoms with Gasteiger partial charge in [0.25, 0.3) is 0 Å². The zero-order chi connectivity index (χ0) is 11.6. The molecule has 0 aliphatic carbocycles. The average molecular weight is 228 g/mol. The summed E-state index contributed by atoms with van der Waals surface area (Å²) in [6, 6.07) is 5.22. The molecule has 0 spiro atoms. The molecule has 0 atom stereocenters. The molecule has 0 aliphatic heterocycles. The zero-order valence-electron chi connectivity index (χ0n) is 9.11. The Labute approximate surface area is 90.5 Å². The second-order valence-electron chi connectivity index (χ2n) is 3.79. The molecule has 1 aromatic rings. The topological polar surface area (TPSA) is 72.2 Å². The fraction of sp³-hybridized carbons (Fsp3) is 0.400. The van der Waals surface area contributed by atoms with Crippen LogP contribution >= 0.6 is 0 Å². The summed E-state index contributed by atoms with van der Waals surface area (Å²) in [6.45, 7) is 5.14. The van der Waals surface area contributed by atoms with Crippen molar-refractivity contribution < 1.29 is 8.42 Å². The van der Waals surface area contributed by atoms with Gasteiger partial charge in [-0.15, -0.1) is 0 Å². The number of anilines is 2. The molecule has 3 N–H and O–H groups in total.